The monoisotopic (exact) mass is 466 g/mol. The summed E-state index contributed by atoms with van der Waals surface area (Å²) in [6.07, 6.45) is 4.56. The Hall–Kier alpha value is -3.28. The molecule has 0 saturated carbocycles. The van der Waals surface area contributed by atoms with Gasteiger partial charge in [0.05, 0.1) is 0 Å². The number of hydrogen-bond donors (Lipinski definition) is 0. The minimum atomic E-state index is -0.570. The Labute approximate surface area is 201 Å². The number of carbonyl (C=O) groups is 4. The first-order chi connectivity index (χ1) is 16.2. The summed E-state index contributed by atoms with van der Waals surface area (Å²) in [6, 6.07) is 14.9. The van der Waals surface area contributed by atoms with Gasteiger partial charge in [-0.15, -0.1) is 0 Å². The standard InChI is InChI=1S/C28H34O6/c1-5-7-8-17-28(6-2,22-9-13-24(14-10-22)33-26(31)18-20(3)29)23-11-15-25(16-12-23)34-27(32)19-21(4)30/h9-16H,5-8,17-19H2,1-4H3. The Morgan fingerprint density at radius 2 is 1.09 bits per heavy atom. The molecule has 0 atom stereocenters. The van der Waals surface area contributed by atoms with Gasteiger partial charge in [0, 0.05) is 5.41 Å². The third-order valence-corrected chi connectivity index (χ3v) is 5.87. The number of hydrogen-bond acceptors (Lipinski definition) is 6. The number of ether oxygens (including phenoxy) is 2. The molecule has 2 rings (SSSR count). The molecule has 0 aliphatic carbocycles. The molecule has 2 aromatic rings. The van der Waals surface area contributed by atoms with Gasteiger partial charge in [0.1, 0.15) is 35.9 Å². The van der Waals surface area contributed by atoms with Crippen LogP contribution in [0.4, 0.5) is 0 Å². The van der Waals surface area contributed by atoms with Crippen LogP contribution in [0.5, 0.6) is 11.5 Å². The van der Waals surface area contributed by atoms with Crippen LogP contribution in [-0.2, 0) is 24.6 Å². The summed E-state index contributed by atoms with van der Waals surface area (Å²) in [5, 5.41) is 0. The number of rotatable bonds is 13. The highest BCUT2D eigenvalue weighted by atomic mass is 16.5. The van der Waals surface area contributed by atoms with Crippen molar-refractivity contribution >= 4 is 23.5 Å². The first-order valence-corrected chi connectivity index (χ1v) is 11.8. The van der Waals surface area contributed by atoms with E-state index in [9.17, 15) is 19.2 Å². The molecule has 0 aliphatic heterocycles. The number of benzene rings is 2. The molecule has 0 amide bonds. The molecule has 6 nitrogen and oxygen atoms in total. The maximum absolute atomic E-state index is 11.8. The van der Waals surface area contributed by atoms with E-state index in [1.807, 2.05) is 24.3 Å². The maximum Gasteiger partial charge on any atom is 0.318 e. The second-order valence-electron chi connectivity index (χ2n) is 8.65. The number of esters is 2. The van der Waals surface area contributed by atoms with Crippen LogP contribution in [0.2, 0.25) is 0 Å². The van der Waals surface area contributed by atoms with Crippen molar-refractivity contribution in [3.63, 3.8) is 0 Å². The number of unbranched alkanes of at least 4 members (excludes halogenated alkanes) is 2. The van der Waals surface area contributed by atoms with Crippen molar-refractivity contribution in [3.8, 4) is 11.5 Å². The predicted octanol–water partition coefficient (Wildman–Crippen LogP) is 5.73. The minimum Gasteiger partial charge on any atom is -0.426 e. The van der Waals surface area contributed by atoms with Crippen molar-refractivity contribution in [1.82, 2.24) is 0 Å². The average molecular weight is 467 g/mol. The van der Waals surface area contributed by atoms with Gasteiger partial charge in [-0.3, -0.25) is 19.2 Å². The number of Topliss-reactive ketones (excluding diaryl/α,β-unsaturated/α-hetero) is 2. The van der Waals surface area contributed by atoms with Gasteiger partial charge in [-0.2, -0.15) is 0 Å². The van der Waals surface area contributed by atoms with Crippen LogP contribution in [0.1, 0.15) is 83.8 Å². The molecule has 182 valence electrons. The normalized spacial score (nSPS) is 11.1. The van der Waals surface area contributed by atoms with Crippen LogP contribution < -0.4 is 9.47 Å². The van der Waals surface area contributed by atoms with Crippen molar-refractivity contribution in [2.24, 2.45) is 0 Å². The van der Waals surface area contributed by atoms with Gasteiger partial charge >= 0.3 is 11.9 Å². The van der Waals surface area contributed by atoms with E-state index in [4.69, 9.17) is 9.47 Å². The predicted molar refractivity (Wildman–Crippen MR) is 130 cm³/mol. The molecule has 0 bridgehead atoms. The summed E-state index contributed by atoms with van der Waals surface area (Å²) >= 11 is 0. The molecule has 6 heteroatoms. The van der Waals surface area contributed by atoms with E-state index >= 15 is 0 Å². The van der Waals surface area contributed by atoms with E-state index in [0.29, 0.717) is 11.5 Å². The summed E-state index contributed by atoms with van der Waals surface area (Å²) in [5.74, 6) is -0.807. The molecule has 0 radical (unpaired) electrons. The van der Waals surface area contributed by atoms with E-state index in [0.717, 1.165) is 43.2 Å². The molecule has 0 heterocycles. The molecule has 0 fully saturated rings. The summed E-state index contributed by atoms with van der Waals surface area (Å²) < 4.78 is 10.6. The molecular weight excluding hydrogens is 432 g/mol. The summed E-state index contributed by atoms with van der Waals surface area (Å²) in [4.78, 5) is 45.9. The molecule has 0 aromatic heterocycles. The minimum absolute atomic E-state index is 0.238. The summed E-state index contributed by atoms with van der Waals surface area (Å²) in [5.41, 5.74) is 1.93. The second kappa shape index (κ2) is 12.8. The Morgan fingerprint density at radius 1 is 0.676 bits per heavy atom. The zero-order valence-corrected chi connectivity index (χ0v) is 20.5. The zero-order chi connectivity index (χ0) is 25.1. The van der Waals surface area contributed by atoms with Crippen molar-refractivity contribution in [2.45, 2.75) is 78.1 Å². The lowest BCUT2D eigenvalue weighted by atomic mass is 9.69. The molecule has 2 aromatic carbocycles. The van der Waals surface area contributed by atoms with E-state index in [1.54, 1.807) is 24.3 Å². The number of carbonyl (C=O) groups excluding carboxylic acids is 4. The fourth-order valence-corrected chi connectivity index (χ4v) is 4.14. The average Bonchev–Trinajstić information content (AvgIpc) is 2.77. The van der Waals surface area contributed by atoms with Crippen molar-refractivity contribution < 1.29 is 28.7 Å². The molecule has 34 heavy (non-hydrogen) atoms. The van der Waals surface area contributed by atoms with Crippen LogP contribution >= 0.6 is 0 Å². The highest BCUT2D eigenvalue weighted by Crippen LogP contribution is 2.41. The Kier molecular flexibility index (Phi) is 10.2. The van der Waals surface area contributed by atoms with Crippen LogP contribution in [-0.4, -0.2) is 23.5 Å². The summed E-state index contributed by atoms with van der Waals surface area (Å²) in [6.45, 7) is 7.02. The first-order valence-electron chi connectivity index (χ1n) is 11.8. The third-order valence-electron chi connectivity index (χ3n) is 5.87. The fourth-order valence-electron chi connectivity index (χ4n) is 4.14. The molecule has 0 saturated heterocycles. The quantitative estimate of drug-likeness (QED) is 0.162. The van der Waals surface area contributed by atoms with E-state index in [-0.39, 0.29) is 29.8 Å². The van der Waals surface area contributed by atoms with Gasteiger partial charge in [0.25, 0.3) is 0 Å². The SMILES string of the molecule is CCCCCC(CC)(c1ccc(OC(=O)CC(C)=O)cc1)c1ccc(OC(=O)CC(C)=O)cc1. The highest BCUT2D eigenvalue weighted by Gasteiger charge is 2.32. The van der Waals surface area contributed by atoms with Gasteiger partial charge in [-0.1, -0.05) is 57.4 Å². The lowest BCUT2D eigenvalue weighted by molar-refractivity contribution is -0.139. The highest BCUT2D eigenvalue weighted by molar-refractivity contribution is 5.95. The molecule has 0 N–H and O–H groups in total. The molecule has 0 spiro atoms. The lowest BCUT2D eigenvalue weighted by Gasteiger charge is -2.35. The summed E-state index contributed by atoms with van der Waals surface area (Å²) in [7, 11) is 0. The van der Waals surface area contributed by atoms with E-state index < -0.39 is 11.9 Å². The van der Waals surface area contributed by atoms with Gasteiger partial charge < -0.3 is 9.47 Å². The van der Waals surface area contributed by atoms with Gasteiger partial charge in [0.2, 0.25) is 0 Å². The Bertz CT molecular complexity index is 915. The Morgan fingerprint density at radius 3 is 1.41 bits per heavy atom. The molecule has 0 aliphatic rings. The smallest absolute Gasteiger partial charge is 0.318 e. The van der Waals surface area contributed by atoms with Crippen LogP contribution in [0.3, 0.4) is 0 Å². The largest absolute Gasteiger partial charge is 0.426 e. The van der Waals surface area contributed by atoms with Gasteiger partial charge in [-0.25, -0.2) is 0 Å². The van der Waals surface area contributed by atoms with E-state index in [1.165, 1.54) is 13.8 Å². The van der Waals surface area contributed by atoms with Gasteiger partial charge in [0.15, 0.2) is 0 Å². The van der Waals surface area contributed by atoms with Crippen molar-refractivity contribution in [2.75, 3.05) is 0 Å². The molecular formula is C28H34O6. The Balaban J connectivity index is 2.31. The topological polar surface area (TPSA) is 86.7 Å². The number of ketones is 2. The first kappa shape index (κ1) is 27.0. The van der Waals surface area contributed by atoms with Gasteiger partial charge in [-0.05, 0) is 62.1 Å². The van der Waals surface area contributed by atoms with Crippen LogP contribution in [0.15, 0.2) is 48.5 Å². The third kappa shape index (κ3) is 7.65. The van der Waals surface area contributed by atoms with Crippen LogP contribution in [0.25, 0.3) is 0 Å². The lowest BCUT2D eigenvalue weighted by Crippen LogP contribution is -2.27. The van der Waals surface area contributed by atoms with Crippen LogP contribution in [0, 0.1) is 0 Å². The molecule has 0 unspecified atom stereocenters. The maximum atomic E-state index is 11.8. The zero-order valence-electron chi connectivity index (χ0n) is 20.5. The van der Waals surface area contributed by atoms with E-state index in [2.05, 4.69) is 13.8 Å². The van der Waals surface area contributed by atoms with Crippen molar-refractivity contribution in [3.05, 3.63) is 59.7 Å². The fraction of sp³-hybridized carbons (Fsp3) is 0.429. The second-order valence-corrected chi connectivity index (χ2v) is 8.65. The van der Waals surface area contributed by atoms with Crippen molar-refractivity contribution in [1.29, 1.82) is 0 Å².